The summed E-state index contributed by atoms with van der Waals surface area (Å²) in [6.07, 6.45) is 11.2. The highest BCUT2D eigenvalue weighted by Crippen LogP contribution is 2.42. The van der Waals surface area contributed by atoms with E-state index >= 15 is 0 Å². The number of carboxylic acids is 1. The van der Waals surface area contributed by atoms with Crippen molar-refractivity contribution >= 4 is 18.2 Å². The van der Waals surface area contributed by atoms with Gasteiger partial charge in [-0.2, -0.15) is 0 Å². The van der Waals surface area contributed by atoms with Gasteiger partial charge in [0, 0.05) is 12.2 Å². The van der Waals surface area contributed by atoms with E-state index in [1.807, 2.05) is 0 Å². The predicted molar refractivity (Wildman–Crippen MR) is 142 cm³/mol. The van der Waals surface area contributed by atoms with Crippen LogP contribution in [0.15, 0.2) is 30.3 Å². The van der Waals surface area contributed by atoms with Crippen LogP contribution in [-0.4, -0.2) is 53.5 Å². The average Bonchev–Trinajstić information content (AvgIpc) is 3.75. The minimum Gasteiger partial charge on any atom is -0.481 e. The maximum Gasteiger partial charge on any atom is 0.305 e. The molecule has 1 saturated carbocycles. The molecule has 3 aliphatic rings. The van der Waals surface area contributed by atoms with E-state index in [9.17, 15) is 14.0 Å². The van der Waals surface area contributed by atoms with Crippen LogP contribution in [-0.2, 0) is 22.4 Å². The highest BCUT2D eigenvalue weighted by molar-refractivity contribution is 5.68. The van der Waals surface area contributed by atoms with Gasteiger partial charge in [-0.15, -0.1) is 0 Å². The minimum atomic E-state index is -1.01. The number of hydrogen-bond acceptors (Lipinski definition) is 5. The summed E-state index contributed by atoms with van der Waals surface area (Å²) in [6.45, 7) is 4.93. The van der Waals surface area contributed by atoms with Crippen LogP contribution < -0.4 is 10.6 Å². The molecular weight excluding hydrogens is 471 g/mol. The molecule has 1 aliphatic carbocycles. The number of likely N-dealkylation sites (tertiary alicyclic amines) is 1. The maximum atomic E-state index is 13.6. The first-order valence-corrected chi connectivity index (χ1v) is 13.7. The number of halogens is 1. The molecule has 5 rings (SSSR count). The second-order valence-corrected chi connectivity index (χ2v) is 10.3. The molecule has 3 N–H and O–H groups in total. The van der Waals surface area contributed by atoms with Crippen molar-refractivity contribution in [1.29, 1.82) is 0 Å². The SMILES string of the molecule is O=CNC(CC(=O)O)c1ccc(F)c(C2CC2)c1.c1cc2c(nc1CCCN1CCCCC1)NCCC2. The number of nitrogens with one attached hydrogen (secondary N) is 2. The Morgan fingerprint density at radius 2 is 2.00 bits per heavy atom. The maximum absolute atomic E-state index is 13.6. The van der Waals surface area contributed by atoms with Crippen molar-refractivity contribution in [2.75, 3.05) is 31.5 Å². The van der Waals surface area contributed by atoms with E-state index in [2.05, 4.69) is 27.7 Å². The number of carboxylic acid groups (broad SMARTS) is 1. The molecule has 1 amide bonds. The molecular formula is C29H39FN4O3. The Morgan fingerprint density at radius 1 is 1.19 bits per heavy atom. The molecule has 1 atom stereocenters. The predicted octanol–water partition coefficient (Wildman–Crippen LogP) is 4.82. The monoisotopic (exact) mass is 510 g/mol. The first-order valence-electron chi connectivity index (χ1n) is 13.7. The normalized spacial score (nSPS) is 18.0. The number of amides is 1. The molecule has 200 valence electrons. The Bertz CT molecular complexity index is 1050. The van der Waals surface area contributed by atoms with Crippen molar-refractivity contribution in [2.45, 2.75) is 76.2 Å². The van der Waals surface area contributed by atoms with Crippen molar-refractivity contribution in [3.8, 4) is 0 Å². The number of piperidine rings is 1. The lowest BCUT2D eigenvalue weighted by molar-refractivity contribution is -0.137. The number of aliphatic carboxylic acids is 1. The zero-order chi connectivity index (χ0) is 26.0. The van der Waals surface area contributed by atoms with E-state index in [4.69, 9.17) is 10.1 Å². The van der Waals surface area contributed by atoms with Crippen LogP contribution in [0, 0.1) is 5.82 Å². The molecule has 1 aromatic heterocycles. The van der Waals surface area contributed by atoms with Gasteiger partial charge in [0.2, 0.25) is 6.41 Å². The first-order chi connectivity index (χ1) is 18.0. The smallest absolute Gasteiger partial charge is 0.305 e. The van der Waals surface area contributed by atoms with Crippen LogP contribution in [0.5, 0.6) is 0 Å². The number of nitrogens with zero attached hydrogens (tertiary/aromatic N) is 2. The highest BCUT2D eigenvalue weighted by Gasteiger charge is 2.27. The molecule has 0 spiro atoms. The van der Waals surface area contributed by atoms with Crippen LogP contribution in [0.4, 0.5) is 10.2 Å². The summed E-state index contributed by atoms with van der Waals surface area (Å²) in [5.41, 5.74) is 3.90. The zero-order valence-corrected chi connectivity index (χ0v) is 21.6. The quantitative estimate of drug-likeness (QED) is 0.397. The summed E-state index contributed by atoms with van der Waals surface area (Å²) in [5.74, 6) is 0.112. The van der Waals surface area contributed by atoms with Crippen LogP contribution in [0.1, 0.15) is 85.7 Å². The fraction of sp³-hybridized carbons (Fsp3) is 0.552. The summed E-state index contributed by atoms with van der Waals surface area (Å²) in [7, 11) is 0. The van der Waals surface area contributed by atoms with E-state index in [0.717, 1.165) is 31.6 Å². The summed E-state index contributed by atoms with van der Waals surface area (Å²) in [5, 5.41) is 14.7. The molecule has 7 nitrogen and oxygen atoms in total. The molecule has 1 unspecified atom stereocenters. The Hall–Kier alpha value is -3.00. The highest BCUT2D eigenvalue weighted by atomic mass is 19.1. The molecule has 1 aromatic carbocycles. The van der Waals surface area contributed by atoms with Crippen molar-refractivity contribution in [3.05, 3.63) is 58.5 Å². The van der Waals surface area contributed by atoms with Gasteiger partial charge in [-0.25, -0.2) is 9.37 Å². The van der Waals surface area contributed by atoms with Gasteiger partial charge in [0.15, 0.2) is 0 Å². The molecule has 3 heterocycles. The standard InChI is InChI=1S/C16H25N3.C13H14FNO3/c1-2-11-19(12-3-1)13-5-7-15-9-8-14-6-4-10-17-16(14)18-15;14-11-4-3-9(5-10(11)8-1-2-8)12(15-7-16)6-13(17)18/h8-9H,1-7,10-13H2,(H,17,18);3-5,7-8,12H,1-2,6H2,(H,15,16)(H,17,18). The van der Waals surface area contributed by atoms with Crippen LogP contribution in [0.3, 0.4) is 0 Å². The molecule has 1 saturated heterocycles. The summed E-state index contributed by atoms with van der Waals surface area (Å²) in [6, 6.07) is 8.40. The number of carbonyl (C=O) groups is 2. The van der Waals surface area contributed by atoms with E-state index in [1.165, 1.54) is 81.5 Å². The van der Waals surface area contributed by atoms with Crippen LogP contribution >= 0.6 is 0 Å². The number of aryl methyl sites for hydroxylation is 2. The number of fused-ring (bicyclic) bond motifs is 1. The molecule has 8 heteroatoms. The van der Waals surface area contributed by atoms with Crippen molar-refractivity contribution in [2.24, 2.45) is 0 Å². The molecule has 37 heavy (non-hydrogen) atoms. The topological polar surface area (TPSA) is 94.6 Å². The van der Waals surface area contributed by atoms with Gasteiger partial charge in [-0.3, -0.25) is 9.59 Å². The summed E-state index contributed by atoms with van der Waals surface area (Å²) >= 11 is 0. The van der Waals surface area contributed by atoms with Crippen molar-refractivity contribution in [1.82, 2.24) is 15.2 Å². The van der Waals surface area contributed by atoms with Crippen LogP contribution in [0.2, 0.25) is 0 Å². The number of carbonyl (C=O) groups excluding carboxylic acids is 1. The van der Waals surface area contributed by atoms with E-state index in [-0.39, 0.29) is 18.2 Å². The Kier molecular flexibility index (Phi) is 9.88. The fourth-order valence-electron chi connectivity index (χ4n) is 5.19. The number of hydrogen-bond donors (Lipinski definition) is 3. The van der Waals surface area contributed by atoms with Gasteiger partial charge in [-0.05, 0) is 106 Å². The third-order valence-corrected chi connectivity index (χ3v) is 7.40. The molecule has 2 aromatic rings. The number of aromatic nitrogens is 1. The van der Waals surface area contributed by atoms with Crippen molar-refractivity contribution in [3.63, 3.8) is 0 Å². The van der Waals surface area contributed by atoms with Gasteiger partial charge in [0.05, 0.1) is 12.5 Å². The van der Waals surface area contributed by atoms with E-state index < -0.39 is 12.0 Å². The second-order valence-electron chi connectivity index (χ2n) is 10.3. The van der Waals surface area contributed by atoms with Crippen LogP contribution in [0.25, 0.3) is 0 Å². The molecule has 0 radical (unpaired) electrons. The number of benzene rings is 1. The third kappa shape index (κ3) is 8.25. The molecule has 2 aliphatic heterocycles. The van der Waals surface area contributed by atoms with Gasteiger partial charge in [-0.1, -0.05) is 24.6 Å². The first kappa shape index (κ1) is 27.0. The average molecular weight is 511 g/mol. The molecule has 2 fully saturated rings. The fourth-order valence-corrected chi connectivity index (χ4v) is 5.19. The van der Waals surface area contributed by atoms with E-state index in [1.54, 1.807) is 6.07 Å². The number of anilines is 1. The minimum absolute atomic E-state index is 0.214. The second kappa shape index (κ2) is 13.5. The Morgan fingerprint density at radius 3 is 2.73 bits per heavy atom. The largest absolute Gasteiger partial charge is 0.481 e. The number of pyridine rings is 1. The van der Waals surface area contributed by atoms with E-state index in [0.29, 0.717) is 17.5 Å². The lowest BCUT2D eigenvalue weighted by atomic mass is 9.99. The lowest BCUT2D eigenvalue weighted by Gasteiger charge is -2.26. The van der Waals surface area contributed by atoms with Gasteiger partial charge in [0.25, 0.3) is 0 Å². The van der Waals surface area contributed by atoms with Crippen molar-refractivity contribution < 1.29 is 19.1 Å². The zero-order valence-electron chi connectivity index (χ0n) is 21.6. The van der Waals surface area contributed by atoms with Gasteiger partial charge >= 0.3 is 5.97 Å². The Balaban J connectivity index is 0.000000173. The third-order valence-electron chi connectivity index (χ3n) is 7.40. The lowest BCUT2D eigenvalue weighted by Crippen LogP contribution is -2.30. The van der Waals surface area contributed by atoms with Gasteiger partial charge < -0.3 is 20.6 Å². The summed E-state index contributed by atoms with van der Waals surface area (Å²) < 4.78 is 13.6. The summed E-state index contributed by atoms with van der Waals surface area (Å²) in [4.78, 5) is 28.6. The molecule has 0 bridgehead atoms. The Labute approximate surface area is 218 Å². The number of rotatable bonds is 10. The van der Waals surface area contributed by atoms with Gasteiger partial charge in [0.1, 0.15) is 11.6 Å².